The van der Waals surface area contributed by atoms with Crippen molar-refractivity contribution in [3.63, 3.8) is 0 Å². The van der Waals surface area contributed by atoms with Crippen LogP contribution in [-0.2, 0) is 0 Å². The molecule has 0 bridgehead atoms. The van der Waals surface area contributed by atoms with Crippen LogP contribution in [0.3, 0.4) is 0 Å². The van der Waals surface area contributed by atoms with Gasteiger partial charge in [0, 0.05) is 11.3 Å². The average molecular weight is 198 g/mol. The number of nitrogens with zero attached hydrogens (tertiary/aromatic N) is 1. The molecule has 1 atom stereocenters. The number of aromatic nitrogens is 1. The molecule has 0 N–H and O–H groups in total. The molecular formula is C10H12ClNO. The first-order chi connectivity index (χ1) is 6.18. The van der Waals surface area contributed by atoms with Gasteiger partial charge in [0.2, 0.25) is 0 Å². The van der Waals surface area contributed by atoms with E-state index in [4.69, 9.17) is 16.3 Å². The molecule has 0 spiro atoms. The molecule has 3 heteroatoms. The molecule has 2 rings (SSSR count). The van der Waals surface area contributed by atoms with E-state index in [0.717, 1.165) is 24.5 Å². The van der Waals surface area contributed by atoms with E-state index in [1.165, 1.54) is 5.56 Å². The van der Waals surface area contributed by atoms with E-state index in [9.17, 15) is 0 Å². The van der Waals surface area contributed by atoms with Gasteiger partial charge in [-0.15, -0.1) is 0 Å². The Bertz CT molecular complexity index is 338. The topological polar surface area (TPSA) is 22.1 Å². The predicted molar refractivity (Wildman–Crippen MR) is 52.5 cm³/mol. The highest BCUT2D eigenvalue weighted by Gasteiger charge is 2.21. The number of fused-ring (bicyclic) bond motifs is 1. The van der Waals surface area contributed by atoms with Gasteiger partial charge < -0.3 is 4.74 Å². The van der Waals surface area contributed by atoms with Gasteiger partial charge in [-0.3, -0.25) is 0 Å². The van der Waals surface area contributed by atoms with Crippen molar-refractivity contribution in [3.05, 3.63) is 22.5 Å². The van der Waals surface area contributed by atoms with Crippen LogP contribution in [0.15, 0.2) is 6.07 Å². The highest BCUT2D eigenvalue weighted by molar-refractivity contribution is 6.31. The first-order valence-corrected chi connectivity index (χ1v) is 4.86. The molecule has 1 unspecified atom stereocenters. The lowest BCUT2D eigenvalue weighted by Crippen LogP contribution is -2.13. The van der Waals surface area contributed by atoms with E-state index in [1.807, 2.05) is 6.92 Å². The van der Waals surface area contributed by atoms with Crippen molar-refractivity contribution in [3.8, 4) is 5.75 Å². The summed E-state index contributed by atoms with van der Waals surface area (Å²) in [5, 5.41) is 0.501. The zero-order valence-electron chi connectivity index (χ0n) is 7.80. The summed E-state index contributed by atoms with van der Waals surface area (Å²) in [5.74, 6) is 1.31. The van der Waals surface area contributed by atoms with E-state index in [2.05, 4.69) is 18.0 Å². The minimum atomic E-state index is 0.501. The number of aryl methyl sites for hydroxylation is 1. The number of halogens is 1. The second-order valence-corrected chi connectivity index (χ2v) is 3.87. The molecule has 0 aromatic carbocycles. The van der Waals surface area contributed by atoms with E-state index in [1.54, 1.807) is 0 Å². The molecular weight excluding hydrogens is 186 g/mol. The van der Waals surface area contributed by atoms with Crippen molar-refractivity contribution in [2.75, 3.05) is 6.61 Å². The summed E-state index contributed by atoms with van der Waals surface area (Å²) in [6.07, 6.45) is 1.06. The Morgan fingerprint density at radius 3 is 3.15 bits per heavy atom. The van der Waals surface area contributed by atoms with Crippen LogP contribution in [0.2, 0.25) is 5.15 Å². The third kappa shape index (κ3) is 1.51. The van der Waals surface area contributed by atoms with Crippen LogP contribution < -0.4 is 4.74 Å². The number of ether oxygens (including phenoxy) is 1. The fourth-order valence-corrected chi connectivity index (χ4v) is 1.95. The van der Waals surface area contributed by atoms with Gasteiger partial charge in [-0.2, -0.15) is 0 Å². The summed E-state index contributed by atoms with van der Waals surface area (Å²) in [4.78, 5) is 4.16. The lowest BCUT2D eigenvalue weighted by molar-refractivity contribution is 0.271. The van der Waals surface area contributed by atoms with E-state index in [-0.39, 0.29) is 0 Å². The molecule has 0 fully saturated rings. The second kappa shape index (κ2) is 3.18. The maximum absolute atomic E-state index is 5.98. The SMILES string of the molecule is Cc1cc2c(c(Cl)n1)OCCC2C. The highest BCUT2D eigenvalue weighted by atomic mass is 35.5. The Kier molecular flexibility index (Phi) is 2.16. The van der Waals surface area contributed by atoms with Crippen molar-refractivity contribution < 1.29 is 4.74 Å². The normalized spacial score (nSPS) is 20.7. The molecule has 1 aromatic rings. The maximum atomic E-state index is 5.98. The molecule has 0 amide bonds. The lowest BCUT2D eigenvalue weighted by Gasteiger charge is -2.23. The Balaban J connectivity index is 2.56. The van der Waals surface area contributed by atoms with Gasteiger partial charge >= 0.3 is 0 Å². The van der Waals surface area contributed by atoms with Crippen molar-refractivity contribution in [1.29, 1.82) is 0 Å². The molecule has 70 valence electrons. The Hall–Kier alpha value is -0.760. The fourth-order valence-electron chi connectivity index (χ4n) is 1.65. The van der Waals surface area contributed by atoms with Gasteiger partial charge in [0.15, 0.2) is 10.9 Å². The molecule has 1 aliphatic heterocycles. The Labute approximate surface area is 82.9 Å². The minimum absolute atomic E-state index is 0.501. The quantitative estimate of drug-likeness (QED) is 0.597. The molecule has 1 aliphatic rings. The first-order valence-electron chi connectivity index (χ1n) is 4.48. The van der Waals surface area contributed by atoms with Crippen LogP contribution in [0, 0.1) is 6.92 Å². The molecule has 2 heterocycles. The van der Waals surface area contributed by atoms with Gasteiger partial charge in [-0.1, -0.05) is 18.5 Å². The van der Waals surface area contributed by atoms with Gasteiger partial charge in [0.05, 0.1) is 6.61 Å². The lowest BCUT2D eigenvalue weighted by atomic mass is 9.96. The van der Waals surface area contributed by atoms with Crippen molar-refractivity contribution in [1.82, 2.24) is 4.98 Å². The molecule has 0 saturated heterocycles. The summed E-state index contributed by atoms with van der Waals surface area (Å²) in [6.45, 7) is 4.89. The monoisotopic (exact) mass is 197 g/mol. The summed E-state index contributed by atoms with van der Waals surface area (Å²) in [6, 6.07) is 2.06. The molecule has 13 heavy (non-hydrogen) atoms. The van der Waals surface area contributed by atoms with E-state index >= 15 is 0 Å². The maximum Gasteiger partial charge on any atom is 0.171 e. The Morgan fingerprint density at radius 1 is 1.62 bits per heavy atom. The van der Waals surface area contributed by atoms with Crippen molar-refractivity contribution >= 4 is 11.6 Å². The van der Waals surface area contributed by atoms with Gasteiger partial charge in [-0.25, -0.2) is 4.98 Å². The molecule has 0 radical (unpaired) electrons. The van der Waals surface area contributed by atoms with Crippen LogP contribution in [0.5, 0.6) is 5.75 Å². The van der Waals surface area contributed by atoms with Crippen molar-refractivity contribution in [2.24, 2.45) is 0 Å². The summed E-state index contributed by atoms with van der Waals surface area (Å²) >= 11 is 5.98. The van der Waals surface area contributed by atoms with Gasteiger partial charge in [0.1, 0.15) is 0 Å². The zero-order valence-corrected chi connectivity index (χ0v) is 8.56. The Morgan fingerprint density at radius 2 is 2.38 bits per heavy atom. The standard InChI is InChI=1S/C10H12ClNO/c1-6-3-4-13-9-8(6)5-7(2)12-10(9)11/h5-6H,3-4H2,1-2H3. The second-order valence-electron chi connectivity index (χ2n) is 3.51. The van der Waals surface area contributed by atoms with Crippen LogP contribution in [-0.4, -0.2) is 11.6 Å². The van der Waals surface area contributed by atoms with Crippen LogP contribution in [0.25, 0.3) is 0 Å². The predicted octanol–water partition coefficient (Wildman–Crippen LogP) is 2.93. The number of pyridine rings is 1. The smallest absolute Gasteiger partial charge is 0.171 e. The minimum Gasteiger partial charge on any atom is -0.490 e. The first kappa shape index (κ1) is 8.82. The van der Waals surface area contributed by atoms with Crippen molar-refractivity contribution in [2.45, 2.75) is 26.2 Å². The van der Waals surface area contributed by atoms with Gasteiger partial charge in [0.25, 0.3) is 0 Å². The third-order valence-electron chi connectivity index (χ3n) is 2.42. The highest BCUT2D eigenvalue weighted by Crippen LogP contribution is 2.37. The summed E-state index contributed by atoms with van der Waals surface area (Å²) < 4.78 is 5.49. The number of hydrogen-bond acceptors (Lipinski definition) is 2. The zero-order chi connectivity index (χ0) is 9.42. The average Bonchev–Trinajstić information content (AvgIpc) is 2.07. The molecule has 0 aliphatic carbocycles. The summed E-state index contributed by atoms with van der Waals surface area (Å²) in [5.41, 5.74) is 2.16. The van der Waals surface area contributed by atoms with E-state index < -0.39 is 0 Å². The van der Waals surface area contributed by atoms with Gasteiger partial charge in [-0.05, 0) is 25.3 Å². The number of rotatable bonds is 0. The van der Waals surface area contributed by atoms with E-state index in [0.29, 0.717) is 11.1 Å². The van der Waals surface area contributed by atoms with Crippen LogP contribution in [0.4, 0.5) is 0 Å². The molecule has 0 saturated carbocycles. The van der Waals surface area contributed by atoms with Crippen LogP contribution in [0.1, 0.15) is 30.5 Å². The summed E-state index contributed by atoms with van der Waals surface area (Å²) in [7, 11) is 0. The van der Waals surface area contributed by atoms with Crippen LogP contribution >= 0.6 is 11.6 Å². The third-order valence-corrected chi connectivity index (χ3v) is 2.67. The number of hydrogen-bond donors (Lipinski definition) is 0. The largest absolute Gasteiger partial charge is 0.490 e. The fraction of sp³-hybridized carbons (Fsp3) is 0.500. The molecule has 1 aromatic heterocycles. The molecule has 2 nitrogen and oxygen atoms in total.